The minimum atomic E-state index is -4.14. The number of aromatic nitrogens is 2. The van der Waals surface area contributed by atoms with E-state index in [0.717, 1.165) is 48.9 Å². The maximum absolute atomic E-state index is 12.6. The summed E-state index contributed by atoms with van der Waals surface area (Å²) in [4.78, 5) is 19.8. The lowest BCUT2D eigenvalue weighted by Crippen LogP contribution is -2.09. The van der Waals surface area contributed by atoms with Crippen LogP contribution < -0.4 is 9.47 Å². The van der Waals surface area contributed by atoms with Crippen molar-refractivity contribution in [2.75, 3.05) is 26.4 Å². The van der Waals surface area contributed by atoms with Crippen LogP contribution in [0.15, 0.2) is 133 Å². The monoisotopic (exact) mass is 1060 g/mol. The van der Waals surface area contributed by atoms with Crippen LogP contribution in [0.5, 0.6) is 11.5 Å². The zero-order chi connectivity index (χ0) is 52.4. The molecule has 8 aromatic rings. The molecule has 0 unspecified atom stereocenters. The van der Waals surface area contributed by atoms with Crippen molar-refractivity contribution >= 4 is 69.1 Å². The number of carbonyl (C=O) groups is 1. The number of hydrogen-bond donors (Lipinski definition) is 0. The Morgan fingerprint density at radius 1 is 0.548 bits per heavy atom. The van der Waals surface area contributed by atoms with Gasteiger partial charge in [-0.1, -0.05) is 84.9 Å². The molecule has 0 N–H and O–H groups in total. The predicted molar refractivity (Wildman–Crippen MR) is 283 cm³/mol. The first-order chi connectivity index (χ1) is 34.9. The van der Waals surface area contributed by atoms with Crippen molar-refractivity contribution in [2.45, 2.75) is 71.9 Å². The van der Waals surface area contributed by atoms with Crippen LogP contribution in [0.1, 0.15) is 77.7 Å². The van der Waals surface area contributed by atoms with Crippen molar-refractivity contribution in [3.8, 4) is 32.6 Å². The van der Waals surface area contributed by atoms with Crippen molar-refractivity contribution in [2.24, 2.45) is 0 Å². The molecule has 0 fully saturated rings. The number of halogens is 6. The maximum atomic E-state index is 12.6. The summed E-state index contributed by atoms with van der Waals surface area (Å²) < 4.78 is 108. The Balaban J connectivity index is 0.000000189. The van der Waals surface area contributed by atoms with E-state index in [2.05, 4.69) is 74.5 Å². The molecule has 73 heavy (non-hydrogen) atoms. The smallest absolute Gasteiger partial charge is 0.389 e. The summed E-state index contributed by atoms with van der Waals surface area (Å²) in [6, 6.07) is 42.3. The largest absolute Gasteiger partial charge is 0.494 e. The number of aryl methyl sites for hydroxylation is 2. The van der Waals surface area contributed by atoms with E-state index in [1.807, 2.05) is 62.4 Å². The molecule has 0 aliphatic heterocycles. The van der Waals surface area contributed by atoms with Crippen LogP contribution in [0, 0.1) is 13.8 Å². The third-order valence-corrected chi connectivity index (χ3v) is 14.8. The molecule has 0 saturated heterocycles. The molecule has 0 aliphatic rings. The number of alkyl halides is 6. The SMILES string of the molecule is CCOP(=O)(Cc1ccc(-c2nc3ccc(C)cc3s2)cc1)OCC.Cc1ccc2nc(-c3ccc(/C=C/c4ccc(OCCCC(F)(F)F)cc4)cc3)sc2c1.O=Cc1ccc(OCCCC(F)(F)F)cc1. The van der Waals surface area contributed by atoms with Gasteiger partial charge in [0.15, 0.2) is 0 Å². The molecule has 0 amide bonds. The van der Waals surface area contributed by atoms with Crippen LogP contribution in [-0.4, -0.2) is 55.0 Å². The number of hydrogen-bond acceptors (Lipinski definition) is 10. The second kappa shape index (κ2) is 26.7. The Bertz CT molecular complexity index is 3060. The van der Waals surface area contributed by atoms with Crippen LogP contribution in [0.3, 0.4) is 0 Å². The van der Waals surface area contributed by atoms with Crippen molar-refractivity contribution < 1.29 is 54.2 Å². The molecule has 0 saturated carbocycles. The van der Waals surface area contributed by atoms with Crippen LogP contribution in [0.2, 0.25) is 0 Å². The molecule has 6 aromatic carbocycles. The van der Waals surface area contributed by atoms with E-state index in [4.69, 9.17) is 28.5 Å². The summed E-state index contributed by atoms with van der Waals surface area (Å²) in [7, 11) is -3.07. The van der Waals surface area contributed by atoms with E-state index in [0.29, 0.717) is 36.6 Å². The standard InChI is InChI=1S/C26H22F3NOS.C19H22NO3PS.C11H11F3O2/c1-18-3-14-23-24(17-18)32-25(30-23)21-10-6-19(7-11-21)4-5-20-8-12-22(13-9-20)31-16-2-15-26(27,28)29;1-4-22-24(21,23-5-2)13-15-7-9-16(10-8-15)19-20-17-11-6-14(3)12-18(17)25-19;12-11(13,14)6-1-7-16-10-4-2-9(8-15)3-5-10/h3-14,17H,2,15-16H2,1H3;6-12H,4-5,13H2,1-3H3;2-5,8H,1,6-7H2/b5-4+;;. The van der Waals surface area contributed by atoms with Crippen molar-refractivity contribution in [3.63, 3.8) is 0 Å². The van der Waals surface area contributed by atoms with Gasteiger partial charge < -0.3 is 18.5 Å². The highest BCUT2D eigenvalue weighted by molar-refractivity contribution is 7.53. The van der Waals surface area contributed by atoms with Crippen molar-refractivity contribution in [1.29, 1.82) is 0 Å². The van der Waals surface area contributed by atoms with Crippen LogP contribution in [-0.2, 0) is 19.8 Å². The van der Waals surface area contributed by atoms with E-state index in [1.165, 1.54) is 20.5 Å². The minimum Gasteiger partial charge on any atom is -0.494 e. The first-order valence-corrected chi connectivity index (χ1v) is 26.8. The Morgan fingerprint density at radius 3 is 1.34 bits per heavy atom. The van der Waals surface area contributed by atoms with Gasteiger partial charge in [0, 0.05) is 29.5 Å². The number of carbonyl (C=O) groups excluding carboxylic acids is 1. The highest BCUT2D eigenvalue weighted by Crippen LogP contribution is 2.51. The molecule has 0 spiro atoms. The molecular weight excluding hydrogens is 1010 g/mol. The third-order valence-electron chi connectivity index (χ3n) is 10.6. The highest BCUT2D eigenvalue weighted by Gasteiger charge is 2.27. The lowest BCUT2D eigenvalue weighted by molar-refractivity contribution is -0.137. The second-order valence-electron chi connectivity index (χ2n) is 16.6. The quantitative estimate of drug-likeness (QED) is 0.0260. The normalized spacial score (nSPS) is 11.8. The molecule has 0 radical (unpaired) electrons. The van der Waals surface area contributed by atoms with Gasteiger partial charge in [0.1, 0.15) is 27.8 Å². The van der Waals surface area contributed by atoms with E-state index in [-0.39, 0.29) is 32.2 Å². The average molecular weight is 1060 g/mol. The third kappa shape index (κ3) is 18.7. The summed E-state index contributed by atoms with van der Waals surface area (Å²) in [6.07, 6.45) is -5.08. The first kappa shape index (κ1) is 56.1. The number of ether oxygens (including phenoxy) is 2. The lowest BCUT2D eigenvalue weighted by atomic mass is 10.1. The fourth-order valence-corrected chi connectivity index (χ4v) is 10.8. The maximum Gasteiger partial charge on any atom is 0.389 e. The second-order valence-corrected chi connectivity index (χ2v) is 20.7. The molecule has 8 nitrogen and oxygen atoms in total. The molecule has 0 aliphatic carbocycles. The Labute approximate surface area is 429 Å². The van der Waals surface area contributed by atoms with Gasteiger partial charge in [0.2, 0.25) is 0 Å². The van der Waals surface area contributed by atoms with E-state index in [9.17, 15) is 35.7 Å². The number of aldehydes is 1. The van der Waals surface area contributed by atoms with Gasteiger partial charge in [0.25, 0.3) is 0 Å². The van der Waals surface area contributed by atoms with Gasteiger partial charge in [0.05, 0.1) is 53.0 Å². The fourth-order valence-electron chi connectivity index (χ4n) is 6.98. The van der Waals surface area contributed by atoms with Crippen LogP contribution >= 0.6 is 30.3 Å². The molecule has 2 aromatic heterocycles. The zero-order valence-corrected chi connectivity index (χ0v) is 43.2. The number of nitrogens with zero attached hydrogens (tertiary/aromatic N) is 2. The van der Waals surface area contributed by atoms with E-state index >= 15 is 0 Å². The molecule has 2 heterocycles. The fraction of sp³-hybridized carbons (Fsp3) is 0.268. The summed E-state index contributed by atoms with van der Waals surface area (Å²) in [5, 5.41) is 2.00. The highest BCUT2D eigenvalue weighted by atomic mass is 32.1. The van der Waals surface area contributed by atoms with Gasteiger partial charge in [-0.05, 0) is 129 Å². The van der Waals surface area contributed by atoms with Gasteiger partial charge in [-0.15, -0.1) is 22.7 Å². The molecule has 8 rings (SSSR count). The summed E-state index contributed by atoms with van der Waals surface area (Å²) in [5.41, 5.74) is 10.2. The Morgan fingerprint density at radius 2 is 0.945 bits per heavy atom. The van der Waals surface area contributed by atoms with Gasteiger partial charge in [-0.2, -0.15) is 26.3 Å². The minimum absolute atomic E-state index is 0.0138. The van der Waals surface area contributed by atoms with E-state index in [1.54, 1.807) is 59.1 Å². The lowest BCUT2D eigenvalue weighted by Gasteiger charge is -2.17. The molecule has 0 atom stereocenters. The predicted octanol–water partition coefficient (Wildman–Crippen LogP) is 17.4. The summed E-state index contributed by atoms with van der Waals surface area (Å²) >= 11 is 3.38. The van der Waals surface area contributed by atoms with E-state index < -0.39 is 32.8 Å². The number of fused-ring (bicyclic) bond motifs is 2. The van der Waals surface area contributed by atoms with Gasteiger partial charge in [-0.3, -0.25) is 9.36 Å². The van der Waals surface area contributed by atoms with Gasteiger partial charge in [-0.25, -0.2) is 9.97 Å². The summed E-state index contributed by atoms with van der Waals surface area (Å²) in [6.45, 7) is 8.63. The molecule has 17 heteroatoms. The average Bonchev–Trinajstić information content (AvgIpc) is 3.99. The van der Waals surface area contributed by atoms with Crippen LogP contribution in [0.4, 0.5) is 26.3 Å². The topological polar surface area (TPSA) is 96.8 Å². The number of thiazole rings is 2. The molecule has 384 valence electrons. The van der Waals surface area contributed by atoms with Crippen molar-refractivity contribution in [3.05, 3.63) is 167 Å². The number of benzene rings is 6. The Hall–Kier alpha value is -6.16. The molecular formula is C56H55F6N2O6PS2. The first-order valence-electron chi connectivity index (χ1n) is 23.4. The zero-order valence-electron chi connectivity index (χ0n) is 40.7. The van der Waals surface area contributed by atoms with Crippen molar-refractivity contribution in [1.82, 2.24) is 9.97 Å². The van der Waals surface area contributed by atoms with Crippen LogP contribution in [0.25, 0.3) is 53.7 Å². The number of rotatable bonds is 19. The Kier molecular flexibility index (Phi) is 20.5. The van der Waals surface area contributed by atoms with Gasteiger partial charge >= 0.3 is 19.9 Å². The summed E-state index contributed by atoms with van der Waals surface area (Å²) in [5.74, 6) is 1.03. The molecule has 0 bridgehead atoms.